The molecule has 210 valence electrons. The van der Waals surface area contributed by atoms with Gasteiger partial charge in [0.25, 0.3) is 5.91 Å². The number of thiophene rings is 1. The molecule has 10 heteroatoms. The smallest absolute Gasteiger partial charge is 0.264 e. The lowest BCUT2D eigenvalue weighted by molar-refractivity contribution is -0.132. The Hall–Kier alpha value is -3.34. The summed E-state index contributed by atoms with van der Waals surface area (Å²) >= 11 is 1.39. The van der Waals surface area contributed by atoms with Crippen LogP contribution in [-0.2, 0) is 22.5 Å². The minimum absolute atomic E-state index is 0.00644. The van der Waals surface area contributed by atoms with Gasteiger partial charge in [-0.2, -0.15) is 0 Å². The van der Waals surface area contributed by atoms with Crippen LogP contribution < -0.4 is 9.47 Å². The van der Waals surface area contributed by atoms with E-state index in [0.717, 1.165) is 44.8 Å². The fraction of sp³-hybridized carbons (Fsp3) is 0.448. The van der Waals surface area contributed by atoms with Gasteiger partial charge in [-0.3, -0.25) is 14.5 Å². The van der Waals surface area contributed by atoms with Crippen LogP contribution >= 0.6 is 11.3 Å². The summed E-state index contributed by atoms with van der Waals surface area (Å²) in [5.74, 6) is 1.76. The average Bonchev–Trinajstić information content (AvgIpc) is 3.69. The minimum atomic E-state index is -0.122. The van der Waals surface area contributed by atoms with Crippen LogP contribution in [0.4, 0.5) is 0 Å². The topological polar surface area (TPSA) is 84.7 Å². The van der Waals surface area contributed by atoms with Crippen LogP contribution in [0.15, 0.2) is 58.5 Å². The van der Waals surface area contributed by atoms with Crippen LogP contribution in [0.2, 0.25) is 0 Å². The van der Waals surface area contributed by atoms with Gasteiger partial charge in [0.15, 0.2) is 11.5 Å². The molecule has 0 N–H and O–H groups in total. The summed E-state index contributed by atoms with van der Waals surface area (Å²) in [7, 11) is 3.21. The summed E-state index contributed by atoms with van der Waals surface area (Å²) in [6.45, 7) is 5.42. The molecule has 0 aliphatic carbocycles. The van der Waals surface area contributed by atoms with Gasteiger partial charge in [0.2, 0.25) is 5.91 Å². The number of ether oxygens (including phenoxy) is 3. The van der Waals surface area contributed by atoms with E-state index in [-0.39, 0.29) is 18.4 Å². The molecule has 0 saturated carbocycles. The monoisotopic (exact) mass is 555 g/mol. The molecule has 0 atom stereocenters. The Balaban J connectivity index is 1.44. The zero-order valence-corrected chi connectivity index (χ0v) is 23.5. The summed E-state index contributed by atoms with van der Waals surface area (Å²) in [4.78, 5) is 33.5. The molecule has 2 aromatic heterocycles. The molecular weight excluding hydrogens is 518 g/mol. The van der Waals surface area contributed by atoms with Crippen molar-refractivity contribution in [2.75, 3.05) is 66.7 Å². The molecule has 1 fully saturated rings. The van der Waals surface area contributed by atoms with Gasteiger partial charge >= 0.3 is 0 Å². The number of carbonyl (C=O) groups is 2. The van der Waals surface area contributed by atoms with Crippen LogP contribution in [0, 0.1) is 0 Å². The van der Waals surface area contributed by atoms with Crippen LogP contribution in [-0.4, -0.2) is 93.2 Å². The molecule has 3 aromatic rings. The second-order valence-electron chi connectivity index (χ2n) is 9.35. The normalized spacial score (nSPS) is 13.7. The van der Waals surface area contributed by atoms with Gasteiger partial charge in [0.1, 0.15) is 12.3 Å². The molecule has 1 saturated heterocycles. The Morgan fingerprint density at radius 1 is 1.00 bits per heavy atom. The van der Waals surface area contributed by atoms with Crippen molar-refractivity contribution in [2.24, 2.45) is 0 Å². The number of carbonyl (C=O) groups excluding carboxylic acids is 2. The van der Waals surface area contributed by atoms with Gasteiger partial charge < -0.3 is 28.4 Å². The molecule has 2 amide bonds. The van der Waals surface area contributed by atoms with E-state index in [0.29, 0.717) is 48.2 Å². The Morgan fingerprint density at radius 2 is 1.82 bits per heavy atom. The first kappa shape index (κ1) is 28.7. The first-order valence-electron chi connectivity index (χ1n) is 13.2. The standard InChI is InChI=1S/C29H37N3O6S/c1-35-25-9-8-23(20-26(25)36-2)10-13-31(21-24-6-3-16-38-24)28(33)22-32(29(34)27-7-4-19-39-27)12-5-11-30-14-17-37-18-15-30/h3-4,6-9,16,19-20H,5,10-15,17-18,21-22H2,1-2H3. The van der Waals surface area contributed by atoms with E-state index in [4.69, 9.17) is 18.6 Å². The third-order valence-electron chi connectivity index (χ3n) is 6.75. The maximum absolute atomic E-state index is 13.7. The second-order valence-corrected chi connectivity index (χ2v) is 10.3. The van der Waals surface area contributed by atoms with E-state index < -0.39 is 0 Å². The molecule has 0 radical (unpaired) electrons. The van der Waals surface area contributed by atoms with Crippen molar-refractivity contribution < 1.29 is 28.2 Å². The van der Waals surface area contributed by atoms with Gasteiger partial charge in [-0.05, 0) is 54.1 Å². The predicted octanol–water partition coefficient (Wildman–Crippen LogP) is 3.79. The highest BCUT2D eigenvalue weighted by molar-refractivity contribution is 7.12. The van der Waals surface area contributed by atoms with Crippen molar-refractivity contribution in [3.05, 3.63) is 70.3 Å². The largest absolute Gasteiger partial charge is 0.493 e. The summed E-state index contributed by atoms with van der Waals surface area (Å²) in [5, 5.41) is 1.88. The molecule has 9 nitrogen and oxygen atoms in total. The third kappa shape index (κ3) is 8.32. The number of benzene rings is 1. The molecule has 39 heavy (non-hydrogen) atoms. The van der Waals surface area contributed by atoms with Crippen LogP contribution in [0.1, 0.15) is 27.4 Å². The Morgan fingerprint density at radius 3 is 2.51 bits per heavy atom. The molecule has 1 aliphatic rings. The van der Waals surface area contributed by atoms with Crippen molar-refractivity contribution in [1.29, 1.82) is 0 Å². The number of morpholine rings is 1. The zero-order chi connectivity index (χ0) is 27.5. The van der Waals surface area contributed by atoms with Crippen molar-refractivity contribution in [2.45, 2.75) is 19.4 Å². The van der Waals surface area contributed by atoms with Crippen molar-refractivity contribution in [1.82, 2.24) is 14.7 Å². The lowest BCUT2D eigenvalue weighted by Gasteiger charge is -2.29. The quantitative estimate of drug-likeness (QED) is 0.299. The highest BCUT2D eigenvalue weighted by Crippen LogP contribution is 2.28. The van der Waals surface area contributed by atoms with Gasteiger partial charge in [-0.1, -0.05) is 12.1 Å². The number of nitrogens with zero attached hydrogens (tertiary/aromatic N) is 3. The van der Waals surface area contributed by atoms with Crippen molar-refractivity contribution >= 4 is 23.2 Å². The van der Waals surface area contributed by atoms with Gasteiger partial charge in [0, 0.05) is 32.7 Å². The van der Waals surface area contributed by atoms with Gasteiger partial charge in [-0.25, -0.2) is 0 Å². The molecule has 1 aliphatic heterocycles. The maximum atomic E-state index is 13.7. The number of methoxy groups -OCH3 is 2. The first-order chi connectivity index (χ1) is 19.1. The van der Waals surface area contributed by atoms with Crippen LogP contribution in [0.25, 0.3) is 0 Å². The highest BCUT2D eigenvalue weighted by Gasteiger charge is 2.24. The molecule has 0 bridgehead atoms. The lowest BCUT2D eigenvalue weighted by atomic mass is 10.1. The fourth-order valence-corrected chi connectivity index (χ4v) is 5.26. The van der Waals surface area contributed by atoms with Crippen molar-refractivity contribution in [3.63, 3.8) is 0 Å². The summed E-state index contributed by atoms with van der Waals surface area (Å²) < 4.78 is 21.8. The number of rotatable bonds is 14. The highest BCUT2D eigenvalue weighted by atomic mass is 32.1. The Labute approximate surface area is 233 Å². The van der Waals surface area contributed by atoms with Crippen LogP contribution in [0.5, 0.6) is 11.5 Å². The van der Waals surface area contributed by atoms with E-state index >= 15 is 0 Å². The summed E-state index contributed by atoms with van der Waals surface area (Å²) in [5.41, 5.74) is 1.02. The number of hydrogen-bond donors (Lipinski definition) is 0. The molecule has 0 unspecified atom stereocenters. The summed E-state index contributed by atoms with van der Waals surface area (Å²) in [6.07, 6.45) is 3.00. The first-order valence-corrected chi connectivity index (χ1v) is 14.1. The Bertz CT molecular complexity index is 1160. The van der Waals surface area contributed by atoms with Gasteiger partial charge in [-0.15, -0.1) is 11.3 Å². The SMILES string of the molecule is COc1ccc(CCN(Cc2ccco2)C(=O)CN(CCCN2CCOCC2)C(=O)c2cccs2)cc1OC. The minimum Gasteiger partial charge on any atom is -0.493 e. The molecule has 0 spiro atoms. The Kier molecular flexibility index (Phi) is 10.8. The molecule has 1 aromatic carbocycles. The number of furan rings is 1. The fourth-order valence-electron chi connectivity index (χ4n) is 4.56. The third-order valence-corrected chi connectivity index (χ3v) is 7.61. The number of hydrogen-bond acceptors (Lipinski definition) is 8. The van der Waals surface area contributed by atoms with E-state index in [1.165, 1.54) is 11.3 Å². The second kappa shape index (κ2) is 14.7. The number of amides is 2. The lowest BCUT2D eigenvalue weighted by Crippen LogP contribution is -2.44. The zero-order valence-electron chi connectivity index (χ0n) is 22.7. The predicted molar refractivity (Wildman–Crippen MR) is 149 cm³/mol. The van der Waals surface area contributed by atoms with E-state index in [9.17, 15) is 9.59 Å². The molecule has 4 rings (SSSR count). The van der Waals surface area contributed by atoms with Gasteiger partial charge in [0.05, 0.1) is 45.1 Å². The maximum Gasteiger partial charge on any atom is 0.264 e. The van der Waals surface area contributed by atoms with Crippen LogP contribution in [0.3, 0.4) is 0 Å². The molecule has 3 heterocycles. The van der Waals surface area contributed by atoms with E-state index in [2.05, 4.69) is 4.90 Å². The summed E-state index contributed by atoms with van der Waals surface area (Å²) in [6, 6.07) is 13.1. The molecular formula is C29H37N3O6S. The van der Waals surface area contributed by atoms with E-state index in [1.807, 2.05) is 47.8 Å². The average molecular weight is 556 g/mol. The van der Waals surface area contributed by atoms with Crippen molar-refractivity contribution in [3.8, 4) is 11.5 Å². The van der Waals surface area contributed by atoms with E-state index in [1.54, 1.807) is 30.3 Å².